The molecule has 110 valence electrons. The number of anilines is 2. The fourth-order valence-corrected chi connectivity index (χ4v) is 4.62. The normalized spacial score (nSPS) is 13.2. The number of hydrogen-bond acceptors (Lipinski definition) is 2. The van der Waals surface area contributed by atoms with Crippen molar-refractivity contribution in [1.82, 2.24) is 0 Å². The molecule has 0 fully saturated rings. The van der Waals surface area contributed by atoms with Gasteiger partial charge in [0.15, 0.2) is 0 Å². The summed E-state index contributed by atoms with van der Waals surface area (Å²) in [6.45, 7) is 0. The zero-order chi connectivity index (χ0) is 15.4. The van der Waals surface area contributed by atoms with Gasteiger partial charge in [-0.15, -0.1) is 0 Å². The van der Waals surface area contributed by atoms with E-state index in [4.69, 9.17) is 0 Å². The summed E-state index contributed by atoms with van der Waals surface area (Å²) in [6, 6.07) is 24.8. The van der Waals surface area contributed by atoms with E-state index in [1.54, 1.807) is 0 Å². The number of nitrogens with zero attached hydrogens (tertiary/aromatic N) is 1. The van der Waals surface area contributed by atoms with Crippen molar-refractivity contribution in [2.75, 3.05) is 5.06 Å². The van der Waals surface area contributed by atoms with Crippen LogP contribution in [0.4, 0.5) is 11.4 Å². The van der Waals surface area contributed by atoms with Crippen LogP contribution in [0.25, 0.3) is 21.5 Å². The highest BCUT2D eigenvalue weighted by molar-refractivity contribution is 7.56. The van der Waals surface area contributed by atoms with Crippen LogP contribution in [0.15, 0.2) is 72.8 Å². The molecule has 2 nitrogen and oxygen atoms in total. The Morgan fingerprint density at radius 1 is 0.609 bits per heavy atom. The summed E-state index contributed by atoms with van der Waals surface area (Å²) in [5.74, 6) is 0. The number of fused-ring (bicyclic) bond motifs is 4. The van der Waals surface area contributed by atoms with Crippen molar-refractivity contribution in [3.05, 3.63) is 78.0 Å². The molecule has 0 unspecified atom stereocenters. The monoisotopic (exact) mass is 314 g/mol. The molecule has 3 heteroatoms. The second-order valence-electron chi connectivity index (χ2n) is 5.85. The molecule has 23 heavy (non-hydrogen) atoms. The van der Waals surface area contributed by atoms with Gasteiger partial charge in [-0.05, 0) is 45.8 Å². The maximum Gasteiger partial charge on any atom is 0.0389 e. The zero-order valence-corrected chi connectivity index (χ0v) is 13.3. The van der Waals surface area contributed by atoms with Crippen molar-refractivity contribution < 1.29 is 0 Å². The molecule has 0 saturated carbocycles. The van der Waals surface area contributed by atoms with Crippen molar-refractivity contribution in [2.45, 2.75) is 0 Å². The SMILES string of the molecule is [O-]N1c2cc3ccccc3cc2Pc2cc3ccccc3cc21. The average molecular weight is 314 g/mol. The molecule has 0 bridgehead atoms. The second kappa shape index (κ2) is 4.79. The predicted octanol–water partition coefficient (Wildman–Crippen LogP) is 4.57. The topological polar surface area (TPSA) is 26.3 Å². The predicted molar refractivity (Wildman–Crippen MR) is 101 cm³/mol. The van der Waals surface area contributed by atoms with Crippen molar-refractivity contribution in [3.63, 3.8) is 0 Å². The molecule has 0 aliphatic carbocycles. The summed E-state index contributed by atoms with van der Waals surface area (Å²) in [4.78, 5) is 0. The van der Waals surface area contributed by atoms with E-state index in [-0.39, 0.29) is 0 Å². The Kier molecular flexibility index (Phi) is 2.72. The quantitative estimate of drug-likeness (QED) is 0.444. The molecule has 0 N–H and O–H groups in total. The van der Waals surface area contributed by atoms with Gasteiger partial charge in [-0.2, -0.15) is 0 Å². The standard InChI is InChI=1S/C20H13NOP/c22-21-17-9-13-5-1-3-7-15(13)11-19(17)23-20-12-16-8-4-2-6-14(16)10-18(20)21/h1-12,23H/q-1. The minimum Gasteiger partial charge on any atom is -0.754 e. The largest absolute Gasteiger partial charge is 0.754 e. The molecule has 0 amide bonds. The van der Waals surface area contributed by atoms with Gasteiger partial charge in [0.1, 0.15) is 0 Å². The fourth-order valence-electron chi connectivity index (χ4n) is 3.27. The van der Waals surface area contributed by atoms with E-state index >= 15 is 0 Å². The van der Waals surface area contributed by atoms with E-state index in [9.17, 15) is 5.21 Å². The van der Waals surface area contributed by atoms with Crippen LogP contribution >= 0.6 is 8.58 Å². The Morgan fingerprint density at radius 2 is 1.00 bits per heavy atom. The summed E-state index contributed by atoms with van der Waals surface area (Å²) in [5.41, 5.74) is 1.56. The van der Waals surface area contributed by atoms with Crippen LogP contribution < -0.4 is 15.7 Å². The van der Waals surface area contributed by atoms with Gasteiger partial charge in [0.05, 0.1) is 0 Å². The third-order valence-electron chi connectivity index (χ3n) is 4.43. The summed E-state index contributed by atoms with van der Waals surface area (Å²) in [6.07, 6.45) is 0. The van der Waals surface area contributed by atoms with Crippen LogP contribution in [0, 0.1) is 5.21 Å². The smallest absolute Gasteiger partial charge is 0.0389 e. The van der Waals surface area contributed by atoms with Gasteiger partial charge < -0.3 is 10.3 Å². The van der Waals surface area contributed by atoms with Crippen LogP contribution in [0.5, 0.6) is 0 Å². The summed E-state index contributed by atoms with van der Waals surface area (Å²) in [5, 5.41) is 20.9. The molecule has 4 aromatic rings. The van der Waals surface area contributed by atoms with Gasteiger partial charge in [0.25, 0.3) is 0 Å². The summed E-state index contributed by atoms with van der Waals surface area (Å²) >= 11 is 0. The second-order valence-corrected chi connectivity index (χ2v) is 7.18. The molecule has 5 rings (SSSR count). The van der Waals surface area contributed by atoms with Gasteiger partial charge in [-0.3, -0.25) is 0 Å². The van der Waals surface area contributed by atoms with E-state index in [1.165, 1.54) is 10.8 Å². The van der Waals surface area contributed by atoms with Crippen molar-refractivity contribution >= 4 is 52.1 Å². The first-order chi connectivity index (χ1) is 11.3. The Morgan fingerprint density at radius 3 is 1.43 bits per heavy atom. The van der Waals surface area contributed by atoms with Crippen LogP contribution in [0.2, 0.25) is 0 Å². The molecule has 4 aromatic carbocycles. The molecular formula is C20H13NOP-. The van der Waals surface area contributed by atoms with Gasteiger partial charge in [-0.1, -0.05) is 57.1 Å². The lowest BCUT2D eigenvalue weighted by atomic mass is 10.1. The van der Waals surface area contributed by atoms with Gasteiger partial charge in [0, 0.05) is 22.0 Å². The Labute approximate surface area is 135 Å². The third kappa shape index (κ3) is 1.96. The molecule has 1 aliphatic heterocycles. The van der Waals surface area contributed by atoms with E-state index < -0.39 is 0 Å². The van der Waals surface area contributed by atoms with Gasteiger partial charge >= 0.3 is 0 Å². The van der Waals surface area contributed by atoms with E-state index in [0.29, 0.717) is 8.58 Å². The number of hydrogen-bond donors (Lipinski definition) is 0. The third-order valence-corrected chi connectivity index (χ3v) is 5.77. The summed E-state index contributed by atoms with van der Waals surface area (Å²) in [7, 11) is 0.515. The highest BCUT2D eigenvalue weighted by Gasteiger charge is 2.18. The molecule has 0 radical (unpaired) electrons. The molecule has 0 aromatic heterocycles. The maximum absolute atomic E-state index is 12.9. The average Bonchev–Trinajstić information content (AvgIpc) is 2.59. The lowest BCUT2D eigenvalue weighted by Gasteiger charge is -2.38. The minimum absolute atomic E-state index is 0.515. The van der Waals surface area contributed by atoms with E-state index in [0.717, 1.165) is 37.8 Å². The molecule has 0 atom stereocenters. The maximum atomic E-state index is 12.9. The number of rotatable bonds is 0. The molecule has 0 saturated heterocycles. The van der Waals surface area contributed by atoms with Crippen LogP contribution in [0.1, 0.15) is 0 Å². The van der Waals surface area contributed by atoms with E-state index in [1.807, 2.05) is 36.4 Å². The Hall–Kier alpha value is -2.41. The molecule has 1 heterocycles. The minimum atomic E-state index is 0.515. The van der Waals surface area contributed by atoms with Crippen LogP contribution in [0.3, 0.4) is 0 Å². The first kappa shape index (κ1) is 13.1. The summed E-state index contributed by atoms with van der Waals surface area (Å²) < 4.78 is 0. The van der Waals surface area contributed by atoms with Gasteiger partial charge in [-0.25, -0.2) is 0 Å². The van der Waals surface area contributed by atoms with Crippen LogP contribution in [-0.4, -0.2) is 0 Å². The lowest BCUT2D eigenvalue weighted by molar-refractivity contribution is 1.33. The van der Waals surface area contributed by atoms with Crippen molar-refractivity contribution in [3.8, 4) is 0 Å². The Balaban J connectivity index is 1.76. The van der Waals surface area contributed by atoms with Gasteiger partial charge in [0.2, 0.25) is 0 Å². The van der Waals surface area contributed by atoms with Crippen LogP contribution in [-0.2, 0) is 0 Å². The first-order valence-electron chi connectivity index (χ1n) is 7.59. The molecular weight excluding hydrogens is 301 g/mol. The molecule has 0 spiro atoms. The number of benzene rings is 4. The Bertz CT molecular complexity index is 988. The highest BCUT2D eigenvalue weighted by atomic mass is 31.1. The fraction of sp³-hybridized carbons (Fsp3) is 0. The highest BCUT2D eigenvalue weighted by Crippen LogP contribution is 2.38. The molecule has 1 aliphatic rings. The van der Waals surface area contributed by atoms with Crippen molar-refractivity contribution in [2.24, 2.45) is 0 Å². The van der Waals surface area contributed by atoms with E-state index in [2.05, 4.69) is 36.4 Å². The lowest BCUT2D eigenvalue weighted by Crippen LogP contribution is -2.25. The first-order valence-corrected chi connectivity index (χ1v) is 8.59. The zero-order valence-electron chi connectivity index (χ0n) is 12.3. The van der Waals surface area contributed by atoms with Crippen molar-refractivity contribution in [1.29, 1.82) is 0 Å².